The molecule has 1 aliphatic heterocycles. The Kier molecular flexibility index (Phi) is 6.71. The first-order chi connectivity index (χ1) is 15.0. The van der Waals surface area contributed by atoms with Crippen LogP contribution in [-0.2, 0) is 13.9 Å². The topological polar surface area (TPSA) is 47.9 Å². The van der Waals surface area contributed by atoms with Gasteiger partial charge in [0.25, 0.3) is 0 Å². The lowest BCUT2D eigenvalue weighted by Gasteiger charge is -2.62. The summed E-state index contributed by atoms with van der Waals surface area (Å²) in [6.07, 6.45) is 7.34. The van der Waals surface area contributed by atoms with Gasteiger partial charge in [-0.25, -0.2) is 0 Å². The summed E-state index contributed by atoms with van der Waals surface area (Å²) in [4.78, 5) is 0. The second-order valence-corrected chi connectivity index (χ2v) is 17.2. The maximum Gasteiger partial charge on any atom is 0.194 e. The van der Waals surface area contributed by atoms with Crippen molar-refractivity contribution in [1.82, 2.24) is 0 Å². The molecule has 0 bridgehead atoms. The second-order valence-electron chi connectivity index (χ2n) is 12.5. The lowest BCUT2D eigenvalue weighted by atomic mass is 9.49. The summed E-state index contributed by atoms with van der Waals surface area (Å²) >= 11 is 0. The smallest absolute Gasteiger partial charge is 0.194 e. The van der Waals surface area contributed by atoms with Crippen LogP contribution >= 0.6 is 0 Å². The molecule has 0 aromatic heterocycles. The van der Waals surface area contributed by atoms with E-state index in [4.69, 9.17) is 13.9 Å². The molecule has 1 saturated heterocycles. The Morgan fingerprint density at radius 1 is 1.03 bits per heavy atom. The van der Waals surface area contributed by atoms with Gasteiger partial charge in [-0.1, -0.05) is 52.4 Å². The molecule has 4 fully saturated rings. The first-order valence-electron chi connectivity index (χ1n) is 13.1. The average Bonchev–Trinajstić information content (AvgIpc) is 3.40. The van der Waals surface area contributed by atoms with Crippen molar-refractivity contribution in [3.05, 3.63) is 0 Å². The molecule has 1 N–H and O–H groups in total. The van der Waals surface area contributed by atoms with Crippen molar-refractivity contribution in [2.24, 2.45) is 29.6 Å². The first kappa shape index (κ1) is 24.7. The monoisotopic (exact) mass is 462 g/mol. The van der Waals surface area contributed by atoms with E-state index in [1.807, 2.05) is 0 Å². The van der Waals surface area contributed by atoms with E-state index in [9.17, 15) is 5.11 Å². The standard InChI is InChI=1S/C27H46O4Si/c1-8-21-24-20(23(28)14-13-22(24)27(21)29-17-18-30-27)15-16-26(5,19-11-9-10-12-19)31-32(6,7)25(2,3)4/h19-24,28H,8-14,17-18H2,1-7H3/t20-,21?,22-,23+,24-,26+/m1/s1. The predicted molar refractivity (Wildman–Crippen MR) is 131 cm³/mol. The molecule has 4 nitrogen and oxygen atoms in total. The van der Waals surface area contributed by atoms with Gasteiger partial charge in [-0.2, -0.15) is 0 Å². The van der Waals surface area contributed by atoms with E-state index in [0.29, 0.717) is 36.9 Å². The number of fused-ring (bicyclic) bond motifs is 2. The summed E-state index contributed by atoms with van der Waals surface area (Å²) < 4.78 is 19.4. The highest BCUT2D eigenvalue weighted by atomic mass is 28.4. The summed E-state index contributed by atoms with van der Waals surface area (Å²) in [5.74, 6) is 8.44. The van der Waals surface area contributed by atoms with Gasteiger partial charge in [0, 0.05) is 11.8 Å². The minimum Gasteiger partial charge on any atom is -0.401 e. The molecule has 1 heterocycles. The van der Waals surface area contributed by atoms with Gasteiger partial charge in [-0.05, 0) is 69.0 Å². The maximum atomic E-state index is 11.0. The van der Waals surface area contributed by atoms with Crippen molar-refractivity contribution in [3.63, 3.8) is 0 Å². The minimum absolute atomic E-state index is 0.0131. The van der Waals surface area contributed by atoms with Gasteiger partial charge in [0.15, 0.2) is 14.1 Å². The Morgan fingerprint density at radius 2 is 1.66 bits per heavy atom. The molecule has 3 saturated carbocycles. The summed E-state index contributed by atoms with van der Waals surface area (Å²) in [6.45, 7) is 17.4. The average molecular weight is 463 g/mol. The van der Waals surface area contributed by atoms with Gasteiger partial charge >= 0.3 is 0 Å². The highest BCUT2D eigenvalue weighted by Gasteiger charge is 2.68. The van der Waals surface area contributed by atoms with E-state index < -0.39 is 19.7 Å². The van der Waals surface area contributed by atoms with Crippen molar-refractivity contribution in [2.45, 2.75) is 115 Å². The fourth-order valence-electron chi connectivity index (χ4n) is 6.87. The number of ether oxygens (including phenoxy) is 2. The molecule has 6 atom stereocenters. The van der Waals surface area contributed by atoms with E-state index >= 15 is 0 Å². The highest BCUT2D eigenvalue weighted by Crippen LogP contribution is 2.62. The first-order valence-corrected chi connectivity index (χ1v) is 16.0. The highest BCUT2D eigenvalue weighted by molar-refractivity contribution is 6.74. The Balaban J connectivity index is 1.63. The maximum absolute atomic E-state index is 11.0. The van der Waals surface area contributed by atoms with E-state index in [2.05, 4.69) is 59.6 Å². The third-order valence-corrected chi connectivity index (χ3v) is 14.2. The van der Waals surface area contributed by atoms with Crippen molar-refractivity contribution >= 4 is 8.32 Å². The Hall–Kier alpha value is -0.383. The fraction of sp³-hybridized carbons (Fsp3) is 0.926. The lowest BCUT2D eigenvalue weighted by Crippen LogP contribution is -2.67. The van der Waals surface area contributed by atoms with Crippen LogP contribution in [0.15, 0.2) is 0 Å². The molecule has 0 amide bonds. The van der Waals surface area contributed by atoms with Crippen LogP contribution in [0.3, 0.4) is 0 Å². The van der Waals surface area contributed by atoms with Crippen LogP contribution in [0.25, 0.3) is 0 Å². The number of hydrogen-bond acceptors (Lipinski definition) is 4. The lowest BCUT2D eigenvalue weighted by molar-refractivity contribution is -0.340. The molecule has 4 aliphatic rings. The van der Waals surface area contributed by atoms with Crippen LogP contribution in [0.1, 0.15) is 79.6 Å². The predicted octanol–water partition coefficient (Wildman–Crippen LogP) is 5.75. The zero-order valence-electron chi connectivity index (χ0n) is 21.5. The van der Waals surface area contributed by atoms with Crippen LogP contribution in [0.4, 0.5) is 0 Å². The van der Waals surface area contributed by atoms with Crippen molar-refractivity contribution < 1.29 is 19.0 Å². The summed E-state index contributed by atoms with van der Waals surface area (Å²) in [7, 11) is -1.98. The minimum atomic E-state index is -1.98. The Bertz CT molecular complexity index is 727. The molecule has 0 radical (unpaired) electrons. The zero-order valence-corrected chi connectivity index (χ0v) is 22.5. The van der Waals surface area contributed by atoms with Gasteiger partial charge in [-0.3, -0.25) is 0 Å². The van der Waals surface area contributed by atoms with Gasteiger partial charge < -0.3 is 19.0 Å². The van der Waals surface area contributed by atoms with Crippen molar-refractivity contribution in [2.75, 3.05) is 13.2 Å². The number of hydrogen-bond donors (Lipinski definition) is 1. The zero-order chi connectivity index (χ0) is 23.4. The van der Waals surface area contributed by atoms with Crippen LogP contribution in [0, 0.1) is 41.4 Å². The normalized spacial score (nSPS) is 36.8. The number of rotatable bonds is 4. The molecule has 182 valence electrons. The molecule has 1 spiro atoms. The van der Waals surface area contributed by atoms with Crippen LogP contribution in [0.2, 0.25) is 18.1 Å². The van der Waals surface area contributed by atoms with Crippen molar-refractivity contribution in [3.8, 4) is 11.8 Å². The van der Waals surface area contributed by atoms with E-state index in [1.54, 1.807) is 0 Å². The van der Waals surface area contributed by atoms with Gasteiger partial charge in [-0.15, -0.1) is 0 Å². The van der Waals surface area contributed by atoms with Gasteiger partial charge in [0.1, 0.15) is 5.60 Å². The molecule has 5 heteroatoms. The van der Waals surface area contributed by atoms with Crippen LogP contribution in [-0.4, -0.2) is 44.1 Å². The molecular formula is C27H46O4Si. The van der Waals surface area contributed by atoms with Crippen molar-refractivity contribution in [1.29, 1.82) is 0 Å². The molecule has 3 aliphatic carbocycles. The number of aliphatic hydroxyl groups is 1. The quantitative estimate of drug-likeness (QED) is 0.427. The number of aliphatic hydroxyl groups excluding tert-OH is 1. The SMILES string of the molecule is CCC1[C@H]2[C@H](C#C[C@](C)(O[Si](C)(C)C(C)(C)C)C3CCCC3)[C@@H](O)CC[C@H]2C12OCCO2. The summed E-state index contributed by atoms with van der Waals surface area (Å²) in [5, 5.41) is 11.2. The second kappa shape index (κ2) is 8.68. The summed E-state index contributed by atoms with van der Waals surface area (Å²) in [6, 6.07) is 0. The van der Waals surface area contributed by atoms with Gasteiger partial charge in [0.05, 0.1) is 25.2 Å². The van der Waals surface area contributed by atoms with Crippen LogP contribution < -0.4 is 0 Å². The molecule has 4 rings (SSSR count). The van der Waals surface area contributed by atoms with E-state index in [1.165, 1.54) is 25.7 Å². The largest absolute Gasteiger partial charge is 0.401 e. The van der Waals surface area contributed by atoms with Crippen LogP contribution in [0.5, 0.6) is 0 Å². The molecule has 0 aromatic rings. The molecular weight excluding hydrogens is 416 g/mol. The van der Waals surface area contributed by atoms with E-state index in [-0.39, 0.29) is 17.1 Å². The Morgan fingerprint density at radius 3 is 2.22 bits per heavy atom. The molecule has 1 unspecified atom stereocenters. The fourth-order valence-corrected chi connectivity index (χ4v) is 8.46. The van der Waals surface area contributed by atoms with Gasteiger partial charge in [0.2, 0.25) is 0 Å². The third kappa shape index (κ3) is 4.03. The summed E-state index contributed by atoms with van der Waals surface area (Å²) in [5.41, 5.74) is -0.435. The Labute approximate surface area is 197 Å². The molecule has 32 heavy (non-hydrogen) atoms. The van der Waals surface area contributed by atoms with E-state index in [0.717, 1.165) is 19.3 Å². The third-order valence-electron chi connectivity index (χ3n) is 9.64. The molecule has 0 aromatic carbocycles.